The van der Waals surface area contributed by atoms with E-state index in [1.807, 2.05) is 0 Å². The van der Waals surface area contributed by atoms with Crippen LogP contribution in [0.2, 0.25) is 0 Å². The van der Waals surface area contributed by atoms with Crippen LogP contribution in [0.1, 0.15) is 5.56 Å². The summed E-state index contributed by atoms with van der Waals surface area (Å²) in [7, 11) is 0. The van der Waals surface area contributed by atoms with Gasteiger partial charge in [-0.2, -0.15) is 0 Å². The Balaban J connectivity index is 2.98. The lowest BCUT2D eigenvalue weighted by Gasteiger charge is -2.11. The molecule has 0 aliphatic carbocycles. The molecule has 0 spiro atoms. The highest BCUT2D eigenvalue weighted by Gasteiger charge is 2.31. The summed E-state index contributed by atoms with van der Waals surface area (Å²) in [6.07, 6.45) is -2.85. The van der Waals surface area contributed by atoms with Crippen LogP contribution in [0.15, 0.2) is 29.2 Å². The van der Waals surface area contributed by atoms with Crippen LogP contribution in [0.4, 0.5) is 13.2 Å². The Morgan fingerprint density at radius 2 is 2.06 bits per heavy atom. The van der Waals surface area contributed by atoms with Gasteiger partial charge in [0.25, 0.3) is 0 Å². The summed E-state index contributed by atoms with van der Waals surface area (Å²) >= 11 is 3.80. The minimum atomic E-state index is -4.81. The third-order valence-electron chi connectivity index (χ3n) is 1.63. The van der Waals surface area contributed by atoms with Gasteiger partial charge in [-0.25, -0.2) is 4.79 Å². The van der Waals surface area contributed by atoms with Crippen LogP contribution in [0, 0.1) is 0 Å². The lowest BCUT2D eigenvalue weighted by Crippen LogP contribution is -2.17. The number of aliphatic carboxylic acids is 1. The summed E-state index contributed by atoms with van der Waals surface area (Å²) in [5.41, 5.74) is 0.268. The first kappa shape index (κ1) is 13.4. The Labute approximate surface area is 99.9 Å². The molecule has 0 unspecified atom stereocenters. The highest BCUT2D eigenvalue weighted by atomic mass is 32.1. The highest BCUT2D eigenvalue weighted by molar-refractivity contribution is 7.80. The summed E-state index contributed by atoms with van der Waals surface area (Å²) in [4.78, 5) is 10.2. The predicted molar refractivity (Wildman–Crippen MR) is 57.0 cm³/mol. The summed E-state index contributed by atoms with van der Waals surface area (Å²) in [6, 6.07) is 3.76. The first-order valence-electron chi connectivity index (χ1n) is 4.28. The molecule has 0 aromatic heterocycles. The summed E-state index contributed by atoms with van der Waals surface area (Å²) in [5, 5.41) is 8.37. The molecule has 0 saturated carbocycles. The Morgan fingerprint density at radius 3 is 2.59 bits per heavy atom. The quantitative estimate of drug-likeness (QED) is 0.651. The number of ether oxygens (including phenoxy) is 1. The standard InChI is InChI=1S/C10H7F3O3S/c11-10(12,13)16-7-5-6(1-3-8(7)17)2-4-9(14)15/h1-5,17H,(H,14,15)/b4-2+. The number of rotatable bonds is 3. The molecule has 0 fully saturated rings. The van der Waals surface area contributed by atoms with Crippen molar-refractivity contribution in [1.29, 1.82) is 0 Å². The van der Waals surface area contributed by atoms with Crippen LogP contribution in [0.25, 0.3) is 6.08 Å². The molecule has 3 nitrogen and oxygen atoms in total. The van der Waals surface area contributed by atoms with Gasteiger partial charge < -0.3 is 9.84 Å². The smallest absolute Gasteiger partial charge is 0.478 e. The molecule has 0 radical (unpaired) electrons. The number of benzene rings is 1. The zero-order valence-electron chi connectivity index (χ0n) is 8.23. The first-order valence-corrected chi connectivity index (χ1v) is 4.72. The van der Waals surface area contributed by atoms with Crippen molar-refractivity contribution in [2.75, 3.05) is 0 Å². The monoisotopic (exact) mass is 264 g/mol. The van der Waals surface area contributed by atoms with Crippen molar-refractivity contribution in [3.63, 3.8) is 0 Å². The van der Waals surface area contributed by atoms with Crippen molar-refractivity contribution in [1.82, 2.24) is 0 Å². The molecule has 0 heterocycles. The number of hydrogen-bond acceptors (Lipinski definition) is 3. The number of alkyl halides is 3. The Morgan fingerprint density at radius 1 is 1.41 bits per heavy atom. The lowest BCUT2D eigenvalue weighted by atomic mass is 10.2. The second-order valence-corrected chi connectivity index (χ2v) is 3.43. The minimum absolute atomic E-state index is 0.00907. The van der Waals surface area contributed by atoms with Gasteiger partial charge in [0, 0.05) is 11.0 Å². The normalized spacial score (nSPS) is 11.8. The second kappa shape index (κ2) is 5.13. The van der Waals surface area contributed by atoms with Gasteiger partial charge in [-0.05, 0) is 23.8 Å². The van der Waals surface area contributed by atoms with Crippen LogP contribution in [0.5, 0.6) is 5.75 Å². The Kier molecular flexibility index (Phi) is 4.06. The van der Waals surface area contributed by atoms with Crippen molar-refractivity contribution in [3.05, 3.63) is 29.8 Å². The van der Waals surface area contributed by atoms with E-state index in [9.17, 15) is 18.0 Å². The van der Waals surface area contributed by atoms with E-state index in [1.165, 1.54) is 12.1 Å². The van der Waals surface area contributed by atoms with E-state index in [0.29, 0.717) is 0 Å². The largest absolute Gasteiger partial charge is 0.573 e. The van der Waals surface area contributed by atoms with Crippen LogP contribution in [0.3, 0.4) is 0 Å². The number of carboxylic acids is 1. The van der Waals surface area contributed by atoms with Crippen LogP contribution in [-0.2, 0) is 4.79 Å². The molecule has 17 heavy (non-hydrogen) atoms. The SMILES string of the molecule is O=C(O)/C=C/c1ccc(S)c(OC(F)(F)F)c1. The average molecular weight is 264 g/mol. The molecule has 0 saturated heterocycles. The maximum absolute atomic E-state index is 12.0. The van der Waals surface area contributed by atoms with Crippen molar-refractivity contribution in [3.8, 4) is 5.75 Å². The zero-order valence-corrected chi connectivity index (χ0v) is 9.13. The molecule has 1 aromatic rings. The van der Waals surface area contributed by atoms with E-state index in [0.717, 1.165) is 18.2 Å². The van der Waals surface area contributed by atoms with Gasteiger partial charge >= 0.3 is 12.3 Å². The molecule has 92 valence electrons. The maximum Gasteiger partial charge on any atom is 0.573 e. The summed E-state index contributed by atoms with van der Waals surface area (Å²) < 4.78 is 39.7. The fourth-order valence-corrected chi connectivity index (χ4v) is 1.19. The molecular weight excluding hydrogens is 257 g/mol. The number of thiol groups is 1. The zero-order chi connectivity index (χ0) is 13.1. The number of carbonyl (C=O) groups is 1. The van der Waals surface area contributed by atoms with Crippen molar-refractivity contribution in [2.45, 2.75) is 11.3 Å². The molecule has 1 rings (SSSR count). The van der Waals surface area contributed by atoms with E-state index in [4.69, 9.17) is 5.11 Å². The maximum atomic E-state index is 12.0. The molecule has 0 aliphatic heterocycles. The van der Waals surface area contributed by atoms with E-state index in [1.54, 1.807) is 0 Å². The third-order valence-corrected chi connectivity index (χ3v) is 2.00. The lowest BCUT2D eigenvalue weighted by molar-refractivity contribution is -0.275. The highest BCUT2D eigenvalue weighted by Crippen LogP contribution is 2.30. The van der Waals surface area contributed by atoms with Crippen molar-refractivity contribution >= 4 is 24.7 Å². The molecule has 0 amide bonds. The van der Waals surface area contributed by atoms with Gasteiger partial charge in [-0.1, -0.05) is 6.07 Å². The molecule has 0 atom stereocenters. The van der Waals surface area contributed by atoms with Gasteiger partial charge in [-0.15, -0.1) is 25.8 Å². The van der Waals surface area contributed by atoms with Gasteiger partial charge in [0.2, 0.25) is 0 Å². The Bertz CT molecular complexity index is 455. The Hall–Kier alpha value is -1.63. The predicted octanol–water partition coefficient (Wildman–Crippen LogP) is 2.97. The number of hydrogen-bond donors (Lipinski definition) is 2. The topological polar surface area (TPSA) is 46.5 Å². The van der Waals surface area contributed by atoms with Gasteiger partial charge in [0.05, 0.1) is 0 Å². The van der Waals surface area contributed by atoms with Crippen LogP contribution in [-0.4, -0.2) is 17.4 Å². The summed E-state index contributed by atoms with van der Waals surface area (Å²) in [5.74, 6) is -1.67. The van der Waals surface area contributed by atoms with E-state index < -0.39 is 18.1 Å². The molecule has 0 bridgehead atoms. The minimum Gasteiger partial charge on any atom is -0.478 e. The molecule has 7 heteroatoms. The number of halogens is 3. The molecule has 0 aliphatic rings. The van der Waals surface area contributed by atoms with E-state index >= 15 is 0 Å². The van der Waals surface area contributed by atoms with Gasteiger partial charge in [-0.3, -0.25) is 0 Å². The number of carboxylic acid groups (broad SMARTS) is 1. The van der Waals surface area contributed by atoms with Crippen LogP contribution < -0.4 is 4.74 Å². The van der Waals surface area contributed by atoms with Gasteiger partial charge in [0.15, 0.2) is 0 Å². The third kappa shape index (κ3) is 4.81. The fraction of sp³-hybridized carbons (Fsp3) is 0.100. The van der Waals surface area contributed by atoms with Gasteiger partial charge in [0.1, 0.15) is 5.75 Å². The summed E-state index contributed by atoms with van der Waals surface area (Å²) in [6.45, 7) is 0. The van der Waals surface area contributed by atoms with Crippen molar-refractivity contribution in [2.24, 2.45) is 0 Å². The average Bonchev–Trinajstić information content (AvgIpc) is 2.17. The van der Waals surface area contributed by atoms with Crippen LogP contribution >= 0.6 is 12.6 Å². The molecule has 1 aromatic carbocycles. The van der Waals surface area contributed by atoms with E-state index in [-0.39, 0.29) is 10.5 Å². The first-order chi connectivity index (χ1) is 7.78. The molecular formula is C10H7F3O3S. The van der Waals surface area contributed by atoms with Crippen molar-refractivity contribution < 1.29 is 27.8 Å². The molecule has 1 N–H and O–H groups in total. The fourth-order valence-electron chi connectivity index (χ4n) is 1.01. The van der Waals surface area contributed by atoms with E-state index in [2.05, 4.69) is 17.4 Å². The second-order valence-electron chi connectivity index (χ2n) is 2.95.